The highest BCUT2D eigenvalue weighted by atomic mass is 19.4. The van der Waals surface area contributed by atoms with Gasteiger partial charge >= 0.3 is 12.1 Å². The number of aliphatic carboxylic acids is 1. The number of carbonyl (C=O) groups is 2. The number of halogens is 3. The van der Waals surface area contributed by atoms with E-state index < -0.39 is 30.0 Å². The molecular formula is C12H13F3N2O3. The van der Waals surface area contributed by atoms with Gasteiger partial charge in [-0.1, -0.05) is 6.07 Å². The van der Waals surface area contributed by atoms with Crippen molar-refractivity contribution in [2.24, 2.45) is 0 Å². The molecule has 0 aromatic carbocycles. The van der Waals surface area contributed by atoms with Crippen molar-refractivity contribution in [1.82, 2.24) is 10.3 Å². The maximum Gasteiger partial charge on any atom is 0.422 e. The Balaban J connectivity index is 2.89. The lowest BCUT2D eigenvalue weighted by Gasteiger charge is -2.28. The third-order valence-electron chi connectivity index (χ3n) is 2.83. The molecule has 0 saturated heterocycles. The molecule has 0 bridgehead atoms. The van der Waals surface area contributed by atoms with E-state index in [-0.39, 0.29) is 0 Å². The second-order valence-corrected chi connectivity index (χ2v) is 4.42. The molecule has 2 N–H and O–H groups in total. The topological polar surface area (TPSA) is 79.3 Å². The summed E-state index contributed by atoms with van der Waals surface area (Å²) in [5.41, 5.74) is -2.40. The quantitative estimate of drug-likeness (QED) is 0.879. The number of nitrogens with one attached hydrogen (secondary N) is 1. The fourth-order valence-corrected chi connectivity index (χ4v) is 1.42. The van der Waals surface area contributed by atoms with Gasteiger partial charge in [-0.2, -0.15) is 13.2 Å². The first-order chi connectivity index (χ1) is 9.08. The fraction of sp³-hybridized carbons (Fsp3) is 0.417. The highest BCUT2D eigenvalue weighted by molar-refractivity contribution is 5.88. The molecule has 1 heterocycles. The van der Waals surface area contributed by atoms with Gasteiger partial charge in [-0.15, -0.1) is 0 Å². The van der Waals surface area contributed by atoms with Crippen LogP contribution in [0, 0.1) is 6.92 Å². The molecule has 0 aliphatic carbocycles. The van der Waals surface area contributed by atoms with Gasteiger partial charge in [-0.05, 0) is 25.5 Å². The third kappa shape index (κ3) is 3.25. The molecule has 110 valence electrons. The molecule has 1 aromatic rings. The van der Waals surface area contributed by atoms with Crippen molar-refractivity contribution in [3.8, 4) is 0 Å². The number of amides is 1. The van der Waals surface area contributed by atoms with Gasteiger partial charge in [-0.3, -0.25) is 9.78 Å². The maximum atomic E-state index is 12.7. The number of nitrogens with zero attached hydrogens (tertiary/aromatic N) is 1. The maximum absolute atomic E-state index is 12.7. The van der Waals surface area contributed by atoms with Crippen LogP contribution in [0.3, 0.4) is 0 Å². The van der Waals surface area contributed by atoms with Gasteiger partial charge in [0.05, 0.1) is 12.1 Å². The molecule has 1 atom stereocenters. The molecule has 0 aliphatic rings. The van der Waals surface area contributed by atoms with Crippen molar-refractivity contribution in [3.05, 3.63) is 29.6 Å². The number of aryl methyl sites for hydroxylation is 1. The second kappa shape index (κ2) is 5.48. The Bertz CT molecular complexity index is 531. The van der Waals surface area contributed by atoms with Gasteiger partial charge in [0.2, 0.25) is 11.4 Å². The Morgan fingerprint density at radius 3 is 2.45 bits per heavy atom. The number of carboxylic acid groups (broad SMARTS) is 1. The molecule has 8 heteroatoms. The summed E-state index contributed by atoms with van der Waals surface area (Å²) in [5, 5.41) is 10.2. The van der Waals surface area contributed by atoms with Crippen molar-refractivity contribution < 1.29 is 27.9 Å². The Morgan fingerprint density at radius 1 is 1.40 bits per heavy atom. The average molecular weight is 290 g/mol. The van der Waals surface area contributed by atoms with Crippen LogP contribution in [-0.2, 0) is 16.0 Å². The van der Waals surface area contributed by atoms with Crippen LogP contribution in [0.25, 0.3) is 0 Å². The summed E-state index contributed by atoms with van der Waals surface area (Å²) in [4.78, 5) is 26.3. The first-order valence-electron chi connectivity index (χ1n) is 5.59. The van der Waals surface area contributed by atoms with Crippen molar-refractivity contribution in [2.75, 3.05) is 0 Å². The number of hydrogen-bond acceptors (Lipinski definition) is 3. The Kier molecular flexibility index (Phi) is 4.36. The number of rotatable bonds is 4. The van der Waals surface area contributed by atoms with E-state index in [1.807, 2.05) is 0 Å². The molecule has 20 heavy (non-hydrogen) atoms. The normalized spacial score (nSPS) is 14.4. The van der Waals surface area contributed by atoms with Crippen LogP contribution >= 0.6 is 0 Å². The molecule has 1 unspecified atom stereocenters. The minimum atomic E-state index is -5.10. The summed E-state index contributed by atoms with van der Waals surface area (Å²) >= 11 is 0. The lowest BCUT2D eigenvalue weighted by Crippen LogP contribution is -2.62. The molecule has 1 aromatic heterocycles. The van der Waals surface area contributed by atoms with Crippen LogP contribution in [0.5, 0.6) is 0 Å². The van der Waals surface area contributed by atoms with E-state index in [1.165, 1.54) is 11.5 Å². The van der Waals surface area contributed by atoms with Gasteiger partial charge in [0.15, 0.2) is 0 Å². The van der Waals surface area contributed by atoms with Crippen LogP contribution in [0.2, 0.25) is 0 Å². The van der Waals surface area contributed by atoms with E-state index in [0.29, 0.717) is 18.2 Å². The van der Waals surface area contributed by atoms with Crippen LogP contribution in [0.15, 0.2) is 18.3 Å². The zero-order valence-corrected chi connectivity index (χ0v) is 10.8. The summed E-state index contributed by atoms with van der Waals surface area (Å²) in [7, 11) is 0. The zero-order valence-electron chi connectivity index (χ0n) is 10.8. The van der Waals surface area contributed by atoms with Crippen LogP contribution in [0.1, 0.15) is 18.2 Å². The number of carboxylic acids is 1. The molecule has 0 saturated carbocycles. The average Bonchev–Trinajstić information content (AvgIpc) is 2.30. The fourth-order valence-electron chi connectivity index (χ4n) is 1.42. The lowest BCUT2D eigenvalue weighted by atomic mass is 10.0. The van der Waals surface area contributed by atoms with E-state index in [1.54, 1.807) is 19.1 Å². The van der Waals surface area contributed by atoms with E-state index in [9.17, 15) is 22.8 Å². The monoisotopic (exact) mass is 290 g/mol. The van der Waals surface area contributed by atoms with E-state index in [4.69, 9.17) is 5.11 Å². The number of alkyl halides is 3. The smallest absolute Gasteiger partial charge is 0.422 e. The van der Waals surface area contributed by atoms with Crippen molar-refractivity contribution in [2.45, 2.75) is 32.0 Å². The lowest BCUT2D eigenvalue weighted by molar-refractivity contribution is -0.206. The van der Waals surface area contributed by atoms with E-state index in [0.717, 1.165) is 0 Å². The Labute approximate surface area is 112 Å². The predicted molar refractivity (Wildman–Crippen MR) is 62.9 cm³/mol. The van der Waals surface area contributed by atoms with Crippen LogP contribution in [0.4, 0.5) is 13.2 Å². The summed E-state index contributed by atoms with van der Waals surface area (Å²) in [5.74, 6) is -3.23. The van der Waals surface area contributed by atoms with E-state index in [2.05, 4.69) is 4.98 Å². The van der Waals surface area contributed by atoms with Crippen molar-refractivity contribution in [1.29, 1.82) is 0 Å². The van der Waals surface area contributed by atoms with Gasteiger partial charge in [0.1, 0.15) is 0 Å². The number of carbonyl (C=O) groups excluding carboxylic acids is 1. The molecule has 5 nitrogen and oxygen atoms in total. The highest BCUT2D eigenvalue weighted by Crippen LogP contribution is 2.30. The number of pyridine rings is 1. The molecule has 0 fully saturated rings. The summed E-state index contributed by atoms with van der Waals surface area (Å²) in [6.07, 6.45) is -4.13. The van der Waals surface area contributed by atoms with Gasteiger partial charge < -0.3 is 10.4 Å². The van der Waals surface area contributed by atoms with Gasteiger partial charge in [-0.25, -0.2) is 4.79 Å². The minimum Gasteiger partial charge on any atom is -0.479 e. The molecule has 1 rings (SSSR count). The summed E-state index contributed by atoms with van der Waals surface area (Å²) < 4.78 is 38.2. The first kappa shape index (κ1) is 15.9. The largest absolute Gasteiger partial charge is 0.479 e. The third-order valence-corrected chi connectivity index (χ3v) is 2.83. The number of aromatic nitrogens is 1. The summed E-state index contributed by atoms with van der Waals surface area (Å²) in [6.45, 7) is 2.05. The summed E-state index contributed by atoms with van der Waals surface area (Å²) in [6, 6.07) is 3.27. The van der Waals surface area contributed by atoms with Crippen LogP contribution < -0.4 is 5.32 Å². The van der Waals surface area contributed by atoms with Gasteiger partial charge in [0.25, 0.3) is 0 Å². The SMILES string of the molecule is Cc1cccnc1CC(=O)NC(C)(C(=O)O)C(F)(F)F. The molecule has 0 spiro atoms. The Morgan fingerprint density at radius 2 is 2.00 bits per heavy atom. The standard InChI is InChI=1S/C12H13F3N2O3/c1-7-4-3-5-16-8(7)6-9(18)17-11(2,10(19)20)12(13,14)15/h3-5H,6H2,1-2H3,(H,17,18)(H,19,20). The molecule has 1 amide bonds. The second-order valence-electron chi connectivity index (χ2n) is 4.42. The highest BCUT2D eigenvalue weighted by Gasteiger charge is 2.58. The molecule has 0 radical (unpaired) electrons. The molecule has 0 aliphatic heterocycles. The van der Waals surface area contributed by atoms with Crippen molar-refractivity contribution in [3.63, 3.8) is 0 Å². The van der Waals surface area contributed by atoms with E-state index >= 15 is 0 Å². The van der Waals surface area contributed by atoms with Gasteiger partial charge in [0, 0.05) is 6.20 Å². The minimum absolute atomic E-state index is 0.292. The van der Waals surface area contributed by atoms with Crippen molar-refractivity contribution >= 4 is 11.9 Å². The predicted octanol–water partition coefficient (Wildman–Crippen LogP) is 1.45. The molecular weight excluding hydrogens is 277 g/mol. The zero-order chi connectivity index (χ0) is 15.6. The van der Waals surface area contributed by atoms with Crippen LogP contribution in [-0.4, -0.2) is 33.7 Å². The Hall–Kier alpha value is -2.12. The number of hydrogen-bond donors (Lipinski definition) is 2. The first-order valence-corrected chi connectivity index (χ1v) is 5.59.